The summed E-state index contributed by atoms with van der Waals surface area (Å²) in [5, 5.41) is 1.79. The second-order valence-electron chi connectivity index (χ2n) is 4.96. The van der Waals surface area contributed by atoms with Gasteiger partial charge in [-0.25, -0.2) is 22.3 Å². The van der Waals surface area contributed by atoms with Gasteiger partial charge in [0.05, 0.1) is 22.6 Å². The first-order valence-electron chi connectivity index (χ1n) is 6.82. The van der Waals surface area contributed by atoms with Gasteiger partial charge in [-0.2, -0.15) is 0 Å². The van der Waals surface area contributed by atoms with Crippen LogP contribution in [0.2, 0.25) is 5.02 Å². The van der Waals surface area contributed by atoms with Gasteiger partial charge >= 0.3 is 12.1 Å². The molecule has 0 radical (unpaired) electrons. The molecule has 1 aromatic rings. The van der Waals surface area contributed by atoms with E-state index in [1.54, 1.807) is 0 Å². The predicted molar refractivity (Wildman–Crippen MR) is 87.8 cm³/mol. The Balaban J connectivity index is 3.02. The highest BCUT2D eigenvalue weighted by Gasteiger charge is 2.25. The minimum absolute atomic E-state index is 0.0525. The highest BCUT2D eigenvalue weighted by Crippen LogP contribution is 2.23. The molecule has 2 amide bonds. The van der Waals surface area contributed by atoms with Crippen LogP contribution >= 0.6 is 11.6 Å². The smallest absolute Gasteiger partial charge is 0.413 e. The number of imide groups is 1. The van der Waals surface area contributed by atoms with Gasteiger partial charge in [-0.05, 0) is 25.1 Å². The van der Waals surface area contributed by atoms with Crippen molar-refractivity contribution in [2.24, 2.45) is 0 Å². The highest BCUT2D eigenvalue weighted by atomic mass is 35.5. The average Bonchev–Trinajstić information content (AvgIpc) is 2.54. The molecule has 9 nitrogen and oxygen atoms in total. The van der Waals surface area contributed by atoms with Gasteiger partial charge in [-0.1, -0.05) is 11.6 Å². The number of hydrogen-bond donors (Lipinski definition) is 1. The minimum atomic E-state index is -3.79. The van der Waals surface area contributed by atoms with E-state index in [1.807, 2.05) is 5.32 Å². The van der Waals surface area contributed by atoms with Gasteiger partial charge in [0.2, 0.25) is 10.0 Å². The van der Waals surface area contributed by atoms with Crippen molar-refractivity contribution in [3.63, 3.8) is 0 Å². The summed E-state index contributed by atoms with van der Waals surface area (Å²) in [6.45, 7) is 1.23. The van der Waals surface area contributed by atoms with Gasteiger partial charge in [0.15, 0.2) is 6.10 Å². The van der Waals surface area contributed by atoms with E-state index in [2.05, 4.69) is 4.74 Å². The first-order chi connectivity index (χ1) is 11.5. The summed E-state index contributed by atoms with van der Waals surface area (Å²) < 4.78 is 34.4. The monoisotopic (exact) mass is 392 g/mol. The number of nitrogens with one attached hydrogen (secondary N) is 1. The molecule has 1 rings (SSSR count). The molecule has 0 heterocycles. The number of methoxy groups -OCH3 is 1. The number of hydrogen-bond acceptors (Lipinski definition) is 7. The summed E-state index contributed by atoms with van der Waals surface area (Å²) in [4.78, 5) is 34.6. The lowest BCUT2D eigenvalue weighted by Crippen LogP contribution is -2.39. The molecule has 1 N–H and O–H groups in total. The number of amides is 2. The zero-order valence-corrected chi connectivity index (χ0v) is 15.5. The molecule has 0 spiro atoms. The van der Waals surface area contributed by atoms with E-state index in [1.165, 1.54) is 33.2 Å². The minimum Gasteiger partial charge on any atom is -0.453 e. The van der Waals surface area contributed by atoms with Gasteiger partial charge in [0.1, 0.15) is 0 Å². The number of alkyl carbamates (subject to hydrolysis) is 1. The maximum absolute atomic E-state index is 12.2. The van der Waals surface area contributed by atoms with Gasteiger partial charge in [-0.15, -0.1) is 0 Å². The molecule has 0 aliphatic carbocycles. The lowest BCUT2D eigenvalue weighted by Gasteiger charge is -2.15. The number of nitrogens with zero attached hydrogens (tertiary/aromatic N) is 1. The van der Waals surface area contributed by atoms with Crippen molar-refractivity contribution >= 4 is 39.6 Å². The summed E-state index contributed by atoms with van der Waals surface area (Å²) >= 11 is 5.91. The Morgan fingerprint density at radius 3 is 2.36 bits per heavy atom. The summed E-state index contributed by atoms with van der Waals surface area (Å²) in [6.07, 6.45) is -2.35. The normalized spacial score (nSPS) is 12.4. The van der Waals surface area contributed by atoms with Gasteiger partial charge in [0.25, 0.3) is 5.91 Å². The number of rotatable bonds is 5. The van der Waals surface area contributed by atoms with E-state index in [-0.39, 0.29) is 15.5 Å². The van der Waals surface area contributed by atoms with Crippen molar-refractivity contribution in [1.29, 1.82) is 0 Å². The largest absolute Gasteiger partial charge is 0.453 e. The predicted octanol–water partition coefficient (Wildman–Crippen LogP) is 1.02. The Labute approximate surface area is 149 Å². The standard InChI is InChI=1S/C14H17ClN2O7S/c1-8(12(18)16-14(20)23-4)24-13(19)10-7-9(5-6-11(10)15)25(21,22)17(2)3/h5-8H,1-4H3,(H,16,18,20)/t8-/m1/s1. The second-order valence-corrected chi connectivity index (χ2v) is 7.52. The van der Waals surface area contributed by atoms with Crippen molar-refractivity contribution in [3.8, 4) is 0 Å². The number of ether oxygens (including phenoxy) is 2. The zero-order chi connectivity index (χ0) is 19.4. The molecule has 0 aliphatic heterocycles. The molecule has 0 saturated heterocycles. The van der Waals surface area contributed by atoms with E-state index >= 15 is 0 Å². The van der Waals surface area contributed by atoms with Crippen LogP contribution < -0.4 is 5.32 Å². The Hall–Kier alpha value is -2.17. The van der Waals surface area contributed by atoms with Crippen LogP contribution in [0.3, 0.4) is 0 Å². The number of halogens is 1. The molecule has 0 aliphatic rings. The fourth-order valence-corrected chi connectivity index (χ4v) is 2.69. The van der Waals surface area contributed by atoms with Crippen molar-refractivity contribution in [2.75, 3.05) is 21.2 Å². The Kier molecular flexibility index (Phi) is 6.91. The molecule has 0 aromatic heterocycles. The highest BCUT2D eigenvalue weighted by molar-refractivity contribution is 7.89. The number of sulfonamides is 1. The Morgan fingerprint density at radius 2 is 1.84 bits per heavy atom. The maximum Gasteiger partial charge on any atom is 0.413 e. The van der Waals surface area contributed by atoms with Gasteiger partial charge in [0, 0.05) is 14.1 Å². The zero-order valence-electron chi connectivity index (χ0n) is 13.9. The van der Waals surface area contributed by atoms with Crippen molar-refractivity contribution in [2.45, 2.75) is 17.9 Å². The molecular formula is C14H17ClN2O7S. The summed E-state index contributed by atoms with van der Waals surface area (Å²) in [7, 11) is -0.0531. The molecule has 0 unspecified atom stereocenters. The first kappa shape index (κ1) is 20.9. The van der Waals surface area contributed by atoms with Crippen molar-refractivity contribution in [1.82, 2.24) is 9.62 Å². The fraction of sp³-hybridized carbons (Fsp3) is 0.357. The van der Waals surface area contributed by atoms with Crippen LogP contribution in [0, 0.1) is 0 Å². The van der Waals surface area contributed by atoms with E-state index in [4.69, 9.17) is 16.3 Å². The van der Waals surface area contributed by atoms with Crippen LogP contribution in [0.1, 0.15) is 17.3 Å². The van der Waals surface area contributed by atoms with Crippen LogP contribution in [0.15, 0.2) is 23.1 Å². The van der Waals surface area contributed by atoms with E-state index in [0.717, 1.165) is 17.5 Å². The fourth-order valence-electron chi connectivity index (χ4n) is 1.56. The third-order valence-corrected chi connectivity index (χ3v) is 5.14. The van der Waals surface area contributed by atoms with Crippen molar-refractivity contribution < 1.29 is 32.3 Å². The lowest BCUT2D eigenvalue weighted by molar-refractivity contribution is -0.128. The topological polar surface area (TPSA) is 119 Å². The number of carbonyl (C=O) groups excluding carboxylic acids is 3. The lowest BCUT2D eigenvalue weighted by atomic mass is 10.2. The van der Waals surface area contributed by atoms with Crippen LogP contribution in [-0.2, 0) is 24.3 Å². The molecule has 0 bridgehead atoms. The summed E-state index contributed by atoms with van der Waals surface area (Å²) in [5.74, 6) is -1.93. The first-order valence-corrected chi connectivity index (χ1v) is 8.64. The third-order valence-electron chi connectivity index (χ3n) is 3.00. The molecule has 1 atom stereocenters. The Bertz CT molecular complexity index is 792. The Morgan fingerprint density at radius 1 is 1.24 bits per heavy atom. The molecular weight excluding hydrogens is 376 g/mol. The van der Waals surface area contributed by atoms with Gasteiger partial charge < -0.3 is 9.47 Å². The number of esters is 1. The van der Waals surface area contributed by atoms with Crippen LogP contribution in [0.5, 0.6) is 0 Å². The molecule has 0 saturated carbocycles. The summed E-state index contributed by atoms with van der Waals surface area (Å²) in [5.41, 5.74) is -0.234. The molecule has 0 fully saturated rings. The number of carbonyl (C=O) groups is 3. The van der Waals surface area contributed by atoms with E-state index < -0.39 is 34.1 Å². The number of benzene rings is 1. The van der Waals surface area contributed by atoms with Crippen LogP contribution in [0.25, 0.3) is 0 Å². The van der Waals surface area contributed by atoms with Gasteiger partial charge in [-0.3, -0.25) is 10.1 Å². The molecule has 25 heavy (non-hydrogen) atoms. The molecule has 138 valence electrons. The van der Waals surface area contributed by atoms with Crippen LogP contribution in [-0.4, -0.2) is 58.0 Å². The quantitative estimate of drug-likeness (QED) is 0.743. The average molecular weight is 393 g/mol. The van der Waals surface area contributed by atoms with E-state index in [0.29, 0.717) is 0 Å². The van der Waals surface area contributed by atoms with Crippen LogP contribution in [0.4, 0.5) is 4.79 Å². The SMILES string of the molecule is COC(=O)NC(=O)[C@@H](C)OC(=O)c1cc(S(=O)(=O)N(C)C)ccc1Cl. The van der Waals surface area contributed by atoms with Crippen molar-refractivity contribution in [3.05, 3.63) is 28.8 Å². The third kappa shape index (κ3) is 5.15. The molecule has 1 aromatic carbocycles. The maximum atomic E-state index is 12.2. The van der Waals surface area contributed by atoms with E-state index in [9.17, 15) is 22.8 Å². The second kappa shape index (κ2) is 8.28. The molecule has 11 heteroatoms. The summed E-state index contributed by atoms with van der Waals surface area (Å²) in [6, 6.07) is 3.51.